The molecule has 0 unspecified atom stereocenters. The lowest BCUT2D eigenvalue weighted by atomic mass is 10.1. The third-order valence-electron chi connectivity index (χ3n) is 2.36. The average molecular weight is 255 g/mol. The van der Waals surface area contributed by atoms with Gasteiger partial charge in [-0.1, -0.05) is 28.1 Å². The summed E-state index contributed by atoms with van der Waals surface area (Å²) in [5.74, 6) is 0. The minimum absolute atomic E-state index is 0.0874. The molecule has 2 amide bonds. The van der Waals surface area contributed by atoms with Gasteiger partial charge in [0.1, 0.15) is 0 Å². The number of halogens is 1. The summed E-state index contributed by atoms with van der Waals surface area (Å²) in [4.78, 5) is 10.9. The molecular formula is C10H11BrN2O. The van der Waals surface area contributed by atoms with Crippen LogP contribution in [-0.2, 0) is 0 Å². The number of hydrogen-bond acceptors (Lipinski definition) is 1. The van der Waals surface area contributed by atoms with Crippen LogP contribution in [0.5, 0.6) is 0 Å². The Balaban J connectivity index is 2.24. The minimum Gasteiger partial charge on any atom is -0.336 e. The molecule has 2 N–H and O–H groups in total. The van der Waals surface area contributed by atoms with E-state index in [9.17, 15) is 4.79 Å². The van der Waals surface area contributed by atoms with Gasteiger partial charge in [-0.2, -0.15) is 0 Å². The molecule has 1 aromatic rings. The zero-order valence-electron chi connectivity index (χ0n) is 7.80. The van der Waals surface area contributed by atoms with Crippen molar-refractivity contribution >= 4 is 22.0 Å². The first-order valence-electron chi connectivity index (χ1n) is 4.47. The van der Waals surface area contributed by atoms with Gasteiger partial charge in [0, 0.05) is 11.0 Å². The van der Waals surface area contributed by atoms with Gasteiger partial charge < -0.3 is 10.6 Å². The zero-order chi connectivity index (χ0) is 10.1. The molecule has 0 aliphatic carbocycles. The van der Waals surface area contributed by atoms with Gasteiger partial charge in [-0.3, -0.25) is 0 Å². The fourth-order valence-corrected chi connectivity index (χ4v) is 1.79. The van der Waals surface area contributed by atoms with Crippen molar-refractivity contribution in [2.24, 2.45) is 0 Å². The van der Waals surface area contributed by atoms with Crippen molar-refractivity contribution in [1.29, 1.82) is 0 Å². The SMILES string of the molecule is Cc1cc([C@@H]2CNC(=O)N2)ccc1Br. The monoisotopic (exact) mass is 254 g/mol. The molecule has 0 radical (unpaired) electrons. The highest BCUT2D eigenvalue weighted by molar-refractivity contribution is 9.10. The van der Waals surface area contributed by atoms with Crippen molar-refractivity contribution in [2.75, 3.05) is 6.54 Å². The molecule has 14 heavy (non-hydrogen) atoms. The maximum absolute atomic E-state index is 10.9. The van der Waals surface area contributed by atoms with E-state index in [1.165, 1.54) is 5.56 Å². The van der Waals surface area contributed by atoms with Crippen LogP contribution >= 0.6 is 15.9 Å². The number of carbonyl (C=O) groups is 1. The van der Waals surface area contributed by atoms with E-state index in [0.29, 0.717) is 6.54 Å². The Morgan fingerprint density at radius 3 is 2.86 bits per heavy atom. The largest absolute Gasteiger partial charge is 0.336 e. The molecule has 3 nitrogen and oxygen atoms in total. The van der Waals surface area contributed by atoms with E-state index in [2.05, 4.69) is 32.6 Å². The number of amides is 2. The highest BCUT2D eigenvalue weighted by Gasteiger charge is 2.21. The molecule has 1 atom stereocenters. The van der Waals surface area contributed by atoms with Crippen molar-refractivity contribution in [3.8, 4) is 0 Å². The molecule has 1 aliphatic heterocycles. The predicted molar refractivity (Wildman–Crippen MR) is 58.2 cm³/mol. The van der Waals surface area contributed by atoms with Crippen LogP contribution in [0.25, 0.3) is 0 Å². The van der Waals surface area contributed by atoms with Crippen LogP contribution in [0.2, 0.25) is 0 Å². The van der Waals surface area contributed by atoms with E-state index in [1.807, 2.05) is 19.1 Å². The Hall–Kier alpha value is -1.03. The number of hydrogen-bond donors (Lipinski definition) is 2. The Bertz CT molecular complexity index is 378. The predicted octanol–water partition coefficient (Wildman–Crippen LogP) is 2.11. The third kappa shape index (κ3) is 1.75. The molecule has 0 aromatic heterocycles. The van der Waals surface area contributed by atoms with Crippen LogP contribution in [0.4, 0.5) is 4.79 Å². The second-order valence-electron chi connectivity index (χ2n) is 3.42. The molecule has 2 rings (SSSR count). The van der Waals surface area contributed by atoms with Crippen LogP contribution in [0.3, 0.4) is 0 Å². The average Bonchev–Trinajstić information content (AvgIpc) is 2.57. The van der Waals surface area contributed by atoms with E-state index in [4.69, 9.17) is 0 Å². The summed E-state index contributed by atoms with van der Waals surface area (Å²) in [6, 6.07) is 6.14. The Labute approximate surface area is 91.0 Å². The molecule has 1 heterocycles. The normalized spacial score (nSPS) is 20.4. The number of nitrogens with one attached hydrogen (secondary N) is 2. The number of rotatable bonds is 1. The summed E-state index contributed by atoms with van der Waals surface area (Å²) in [6.07, 6.45) is 0. The van der Waals surface area contributed by atoms with Gasteiger partial charge in [0.2, 0.25) is 0 Å². The standard InChI is InChI=1S/C10H11BrN2O/c1-6-4-7(2-3-8(6)11)9-5-12-10(14)13-9/h2-4,9H,5H2,1H3,(H2,12,13,14)/t9-/m0/s1. The van der Waals surface area contributed by atoms with Gasteiger partial charge in [0.25, 0.3) is 0 Å². The van der Waals surface area contributed by atoms with Crippen LogP contribution in [0.15, 0.2) is 22.7 Å². The molecule has 1 aliphatic rings. The summed E-state index contributed by atoms with van der Waals surface area (Å²) in [5, 5.41) is 5.59. The fourth-order valence-electron chi connectivity index (χ4n) is 1.54. The maximum Gasteiger partial charge on any atom is 0.315 e. The lowest BCUT2D eigenvalue weighted by Crippen LogP contribution is -2.21. The number of benzene rings is 1. The van der Waals surface area contributed by atoms with Gasteiger partial charge in [-0.25, -0.2) is 4.79 Å². The lowest BCUT2D eigenvalue weighted by Gasteiger charge is -2.10. The van der Waals surface area contributed by atoms with E-state index in [-0.39, 0.29) is 12.1 Å². The number of urea groups is 1. The molecule has 1 saturated heterocycles. The molecular weight excluding hydrogens is 244 g/mol. The van der Waals surface area contributed by atoms with Crippen LogP contribution in [-0.4, -0.2) is 12.6 Å². The van der Waals surface area contributed by atoms with Crippen molar-refractivity contribution in [1.82, 2.24) is 10.6 Å². The molecule has 0 bridgehead atoms. The van der Waals surface area contributed by atoms with Gasteiger partial charge in [0.05, 0.1) is 6.04 Å². The second kappa shape index (κ2) is 3.61. The van der Waals surface area contributed by atoms with Crippen LogP contribution < -0.4 is 10.6 Å². The summed E-state index contributed by atoms with van der Waals surface area (Å²) < 4.78 is 1.10. The van der Waals surface area contributed by atoms with E-state index < -0.39 is 0 Å². The quantitative estimate of drug-likeness (QED) is 0.792. The van der Waals surface area contributed by atoms with E-state index in [1.54, 1.807) is 0 Å². The first kappa shape index (κ1) is 9.52. The molecule has 4 heteroatoms. The topological polar surface area (TPSA) is 41.1 Å². The zero-order valence-corrected chi connectivity index (χ0v) is 9.39. The van der Waals surface area contributed by atoms with Gasteiger partial charge >= 0.3 is 6.03 Å². The first-order valence-corrected chi connectivity index (χ1v) is 5.26. The Morgan fingerprint density at radius 1 is 1.50 bits per heavy atom. The van der Waals surface area contributed by atoms with Crippen molar-refractivity contribution < 1.29 is 4.79 Å². The summed E-state index contributed by atoms with van der Waals surface area (Å²) in [7, 11) is 0. The number of carbonyl (C=O) groups excluding carboxylic acids is 1. The van der Waals surface area contributed by atoms with E-state index in [0.717, 1.165) is 10.0 Å². The van der Waals surface area contributed by atoms with Gasteiger partial charge in [-0.05, 0) is 24.1 Å². The lowest BCUT2D eigenvalue weighted by molar-refractivity contribution is 0.247. The summed E-state index contributed by atoms with van der Waals surface area (Å²) >= 11 is 3.45. The molecule has 0 saturated carbocycles. The Kier molecular flexibility index (Phi) is 2.46. The van der Waals surface area contributed by atoms with Crippen LogP contribution in [0, 0.1) is 6.92 Å². The van der Waals surface area contributed by atoms with Crippen molar-refractivity contribution in [2.45, 2.75) is 13.0 Å². The Morgan fingerprint density at radius 2 is 2.29 bits per heavy atom. The highest BCUT2D eigenvalue weighted by atomic mass is 79.9. The smallest absolute Gasteiger partial charge is 0.315 e. The van der Waals surface area contributed by atoms with Crippen LogP contribution in [0.1, 0.15) is 17.2 Å². The second-order valence-corrected chi connectivity index (χ2v) is 4.27. The van der Waals surface area contributed by atoms with Gasteiger partial charge in [0.15, 0.2) is 0 Å². The molecule has 1 aromatic carbocycles. The molecule has 1 fully saturated rings. The van der Waals surface area contributed by atoms with Crippen molar-refractivity contribution in [3.05, 3.63) is 33.8 Å². The summed E-state index contributed by atoms with van der Waals surface area (Å²) in [6.45, 7) is 2.71. The summed E-state index contributed by atoms with van der Waals surface area (Å²) in [5.41, 5.74) is 2.33. The third-order valence-corrected chi connectivity index (χ3v) is 3.25. The molecule has 0 spiro atoms. The van der Waals surface area contributed by atoms with Crippen molar-refractivity contribution in [3.63, 3.8) is 0 Å². The fraction of sp³-hybridized carbons (Fsp3) is 0.300. The van der Waals surface area contributed by atoms with Gasteiger partial charge in [-0.15, -0.1) is 0 Å². The highest BCUT2D eigenvalue weighted by Crippen LogP contribution is 2.22. The maximum atomic E-state index is 10.9. The minimum atomic E-state index is -0.0874. The number of aryl methyl sites for hydroxylation is 1. The molecule has 74 valence electrons. The first-order chi connectivity index (χ1) is 6.66. The van der Waals surface area contributed by atoms with E-state index >= 15 is 0 Å².